The molecule has 2 rings (SSSR count). The SMILES string of the molecule is CCOc1ccc(S(=O)(=O)N[C@H](C)CCc2ccccc2)cc1Cl. The van der Waals surface area contributed by atoms with Crippen molar-refractivity contribution in [3.8, 4) is 5.75 Å². The van der Waals surface area contributed by atoms with Crippen LogP contribution in [-0.4, -0.2) is 21.1 Å². The van der Waals surface area contributed by atoms with Crippen LogP contribution in [0, 0.1) is 0 Å². The number of halogens is 1. The highest BCUT2D eigenvalue weighted by atomic mass is 35.5. The minimum absolute atomic E-state index is 0.141. The van der Waals surface area contributed by atoms with E-state index in [-0.39, 0.29) is 16.0 Å². The van der Waals surface area contributed by atoms with Gasteiger partial charge in [-0.25, -0.2) is 13.1 Å². The first kappa shape index (κ1) is 18.8. The lowest BCUT2D eigenvalue weighted by Gasteiger charge is -2.15. The van der Waals surface area contributed by atoms with Crippen LogP contribution in [0.4, 0.5) is 0 Å². The summed E-state index contributed by atoms with van der Waals surface area (Å²) in [6.45, 7) is 4.17. The monoisotopic (exact) mass is 367 g/mol. The quantitative estimate of drug-likeness (QED) is 0.766. The Morgan fingerprint density at radius 1 is 1.17 bits per heavy atom. The van der Waals surface area contributed by atoms with Crippen molar-refractivity contribution in [2.24, 2.45) is 0 Å². The average Bonchev–Trinajstić information content (AvgIpc) is 2.55. The smallest absolute Gasteiger partial charge is 0.240 e. The summed E-state index contributed by atoms with van der Waals surface area (Å²) in [6.07, 6.45) is 1.53. The van der Waals surface area contributed by atoms with Gasteiger partial charge in [0.25, 0.3) is 0 Å². The van der Waals surface area contributed by atoms with Gasteiger partial charge < -0.3 is 4.74 Å². The second-order valence-electron chi connectivity index (χ2n) is 5.57. The number of benzene rings is 2. The van der Waals surface area contributed by atoms with E-state index in [0.29, 0.717) is 18.8 Å². The molecule has 0 saturated carbocycles. The number of aryl methyl sites for hydroxylation is 1. The van der Waals surface area contributed by atoms with Crippen molar-refractivity contribution in [2.75, 3.05) is 6.61 Å². The van der Waals surface area contributed by atoms with Gasteiger partial charge in [0.1, 0.15) is 5.75 Å². The predicted octanol–water partition coefficient (Wildman–Crippen LogP) is 4.04. The van der Waals surface area contributed by atoms with Gasteiger partial charge in [0.05, 0.1) is 16.5 Å². The van der Waals surface area contributed by atoms with Crippen LogP contribution in [0.15, 0.2) is 53.4 Å². The van der Waals surface area contributed by atoms with Crippen molar-refractivity contribution in [2.45, 2.75) is 37.6 Å². The molecular weight excluding hydrogens is 346 g/mol. The summed E-state index contributed by atoms with van der Waals surface area (Å²) in [6, 6.07) is 14.3. The molecule has 1 atom stereocenters. The molecule has 6 heteroatoms. The van der Waals surface area contributed by atoms with Crippen LogP contribution in [0.2, 0.25) is 5.02 Å². The second-order valence-corrected chi connectivity index (χ2v) is 7.69. The van der Waals surface area contributed by atoms with Crippen LogP contribution < -0.4 is 9.46 Å². The summed E-state index contributed by atoms with van der Waals surface area (Å²) >= 11 is 6.07. The maximum atomic E-state index is 12.5. The minimum Gasteiger partial charge on any atom is -0.492 e. The van der Waals surface area contributed by atoms with Gasteiger partial charge in [0.2, 0.25) is 10.0 Å². The highest BCUT2D eigenvalue weighted by Gasteiger charge is 2.18. The number of ether oxygens (including phenoxy) is 1. The van der Waals surface area contributed by atoms with E-state index in [9.17, 15) is 8.42 Å². The summed E-state index contributed by atoms with van der Waals surface area (Å²) in [4.78, 5) is 0.141. The molecule has 130 valence electrons. The van der Waals surface area contributed by atoms with E-state index in [2.05, 4.69) is 4.72 Å². The van der Waals surface area contributed by atoms with E-state index in [1.54, 1.807) is 6.07 Å². The Morgan fingerprint density at radius 3 is 2.50 bits per heavy atom. The first-order valence-electron chi connectivity index (χ1n) is 7.91. The standard InChI is InChI=1S/C18H22ClNO3S/c1-3-23-18-12-11-16(13-17(18)19)24(21,22)20-14(2)9-10-15-7-5-4-6-8-15/h4-8,11-14,20H,3,9-10H2,1-2H3/t14-/m1/s1. The number of sulfonamides is 1. The molecule has 0 amide bonds. The highest BCUT2D eigenvalue weighted by molar-refractivity contribution is 7.89. The van der Waals surface area contributed by atoms with Gasteiger partial charge in [-0.15, -0.1) is 0 Å². The van der Waals surface area contributed by atoms with Crippen molar-refractivity contribution in [1.82, 2.24) is 4.72 Å². The number of nitrogens with one attached hydrogen (secondary N) is 1. The first-order chi connectivity index (χ1) is 11.4. The molecule has 0 aliphatic rings. The summed E-state index contributed by atoms with van der Waals surface area (Å²) in [5.41, 5.74) is 1.19. The summed E-state index contributed by atoms with van der Waals surface area (Å²) in [5, 5.41) is 0.289. The van der Waals surface area contributed by atoms with Gasteiger partial charge in [0, 0.05) is 6.04 Å². The van der Waals surface area contributed by atoms with Gasteiger partial charge in [-0.3, -0.25) is 0 Å². The third kappa shape index (κ3) is 5.23. The lowest BCUT2D eigenvalue weighted by molar-refractivity contribution is 0.340. The van der Waals surface area contributed by atoms with E-state index in [1.807, 2.05) is 44.2 Å². The largest absolute Gasteiger partial charge is 0.492 e. The second kappa shape index (κ2) is 8.51. The van der Waals surface area contributed by atoms with Crippen molar-refractivity contribution in [3.63, 3.8) is 0 Å². The van der Waals surface area contributed by atoms with E-state index in [4.69, 9.17) is 16.3 Å². The summed E-state index contributed by atoms with van der Waals surface area (Å²) in [5.74, 6) is 0.482. The van der Waals surface area contributed by atoms with Crippen LogP contribution in [-0.2, 0) is 16.4 Å². The van der Waals surface area contributed by atoms with Crippen molar-refractivity contribution in [3.05, 3.63) is 59.1 Å². The Bertz CT molecular complexity index is 763. The predicted molar refractivity (Wildman–Crippen MR) is 97.2 cm³/mol. The molecule has 0 spiro atoms. The molecule has 0 heterocycles. The highest BCUT2D eigenvalue weighted by Crippen LogP contribution is 2.27. The maximum absolute atomic E-state index is 12.5. The average molecular weight is 368 g/mol. The molecule has 0 unspecified atom stereocenters. The van der Waals surface area contributed by atoms with Crippen molar-refractivity contribution < 1.29 is 13.2 Å². The normalized spacial score (nSPS) is 12.8. The van der Waals surface area contributed by atoms with E-state index >= 15 is 0 Å². The maximum Gasteiger partial charge on any atom is 0.240 e. The van der Waals surface area contributed by atoms with Crippen LogP contribution >= 0.6 is 11.6 Å². The van der Waals surface area contributed by atoms with Gasteiger partial charge in [-0.2, -0.15) is 0 Å². The first-order valence-corrected chi connectivity index (χ1v) is 9.77. The Kier molecular flexibility index (Phi) is 6.66. The fraction of sp³-hybridized carbons (Fsp3) is 0.333. The fourth-order valence-corrected chi connectivity index (χ4v) is 3.94. The molecule has 0 bridgehead atoms. The van der Waals surface area contributed by atoms with Crippen LogP contribution in [0.5, 0.6) is 5.75 Å². The van der Waals surface area contributed by atoms with E-state index in [1.165, 1.54) is 17.7 Å². The Balaban J connectivity index is 2.01. The number of hydrogen-bond donors (Lipinski definition) is 1. The number of rotatable bonds is 8. The van der Waals surface area contributed by atoms with E-state index < -0.39 is 10.0 Å². The van der Waals surface area contributed by atoms with Gasteiger partial charge in [0.15, 0.2) is 0 Å². The molecule has 0 aliphatic carbocycles. The molecule has 0 aliphatic heterocycles. The van der Waals surface area contributed by atoms with Gasteiger partial charge in [-0.05, 0) is 50.5 Å². The van der Waals surface area contributed by atoms with Gasteiger partial charge in [-0.1, -0.05) is 41.9 Å². The topological polar surface area (TPSA) is 55.4 Å². The molecule has 24 heavy (non-hydrogen) atoms. The molecule has 0 radical (unpaired) electrons. The fourth-order valence-electron chi connectivity index (χ4n) is 2.34. The lowest BCUT2D eigenvalue weighted by Crippen LogP contribution is -2.33. The van der Waals surface area contributed by atoms with Crippen LogP contribution in [0.3, 0.4) is 0 Å². The zero-order valence-electron chi connectivity index (χ0n) is 13.8. The van der Waals surface area contributed by atoms with Gasteiger partial charge >= 0.3 is 0 Å². The zero-order valence-corrected chi connectivity index (χ0v) is 15.4. The van der Waals surface area contributed by atoms with E-state index in [0.717, 1.165) is 6.42 Å². The summed E-state index contributed by atoms with van der Waals surface area (Å²) < 4.78 is 32.9. The third-order valence-electron chi connectivity index (χ3n) is 3.58. The minimum atomic E-state index is -3.61. The molecular formula is C18H22ClNO3S. The molecule has 0 saturated heterocycles. The molecule has 1 N–H and O–H groups in total. The molecule has 0 fully saturated rings. The summed E-state index contributed by atoms with van der Waals surface area (Å²) in [7, 11) is -3.61. The molecule has 2 aromatic carbocycles. The molecule has 0 aromatic heterocycles. The van der Waals surface area contributed by atoms with Crippen LogP contribution in [0.25, 0.3) is 0 Å². The molecule has 4 nitrogen and oxygen atoms in total. The molecule has 2 aromatic rings. The Morgan fingerprint density at radius 2 is 1.88 bits per heavy atom. The third-order valence-corrected chi connectivity index (χ3v) is 5.46. The zero-order chi connectivity index (χ0) is 17.6. The lowest BCUT2D eigenvalue weighted by atomic mass is 10.1. The van der Waals surface area contributed by atoms with Crippen molar-refractivity contribution in [1.29, 1.82) is 0 Å². The van der Waals surface area contributed by atoms with Crippen LogP contribution in [0.1, 0.15) is 25.8 Å². The Labute approximate surface area is 148 Å². The Hall–Kier alpha value is -1.56. The van der Waals surface area contributed by atoms with Crippen molar-refractivity contribution >= 4 is 21.6 Å². The number of hydrogen-bond acceptors (Lipinski definition) is 3.